The highest BCUT2D eigenvalue weighted by molar-refractivity contribution is 7.19. The fourth-order valence-electron chi connectivity index (χ4n) is 13.1. The van der Waals surface area contributed by atoms with Crippen LogP contribution in [0.1, 0.15) is 0 Å². The van der Waals surface area contributed by atoms with Crippen molar-refractivity contribution in [1.82, 2.24) is 13.7 Å². The van der Waals surface area contributed by atoms with Crippen molar-refractivity contribution in [2.75, 3.05) is 0 Å². The molecule has 0 aliphatic carbocycles. The van der Waals surface area contributed by atoms with E-state index in [1.807, 2.05) is 6.07 Å². The van der Waals surface area contributed by atoms with E-state index in [1.54, 1.807) is 0 Å². The van der Waals surface area contributed by atoms with Crippen molar-refractivity contribution >= 4 is 116 Å². The Hall–Kier alpha value is -9.94. The lowest BCUT2D eigenvalue weighted by Crippen LogP contribution is -2.74. The van der Waals surface area contributed by atoms with Gasteiger partial charge in [-0.15, -0.1) is 0 Å². The normalized spacial score (nSPS) is 12.2. The zero-order valence-corrected chi connectivity index (χ0v) is 42.9. The minimum Gasteiger partial charge on any atom is -0.456 e. The first kappa shape index (κ1) is 43.5. The predicted molar refractivity (Wildman–Crippen MR) is 326 cm³/mol. The Labute approximate surface area is 445 Å². The average molecular weight is 998 g/mol. The summed E-state index contributed by atoms with van der Waals surface area (Å²) in [6.45, 7) is 0. The average Bonchev–Trinajstić information content (AvgIpc) is 4.29. The molecule has 5 heteroatoms. The van der Waals surface area contributed by atoms with Crippen LogP contribution in [0.3, 0.4) is 0 Å². The third kappa shape index (κ3) is 6.45. The zero-order chi connectivity index (χ0) is 50.6. The topological polar surface area (TPSA) is 27.9 Å². The lowest BCUT2D eigenvalue weighted by Gasteiger charge is -2.34. The number of hydrogen-bond acceptors (Lipinski definition) is 1. The maximum Gasteiger partial charge on any atom is 0.179 e. The fraction of sp³-hybridized carbons (Fsp3) is 0. The summed E-state index contributed by atoms with van der Waals surface area (Å²) >= 11 is 0. The molecule has 4 nitrogen and oxygen atoms in total. The van der Waals surface area contributed by atoms with Crippen LogP contribution in [-0.2, 0) is 0 Å². The summed E-state index contributed by atoms with van der Waals surface area (Å²) < 4.78 is 13.9. The maximum atomic E-state index is 6.52. The fourth-order valence-corrected chi connectivity index (χ4v) is 17.9. The lowest BCUT2D eigenvalue weighted by atomic mass is 9.98. The highest BCUT2D eigenvalue weighted by atomic mass is 28.3. The molecule has 0 unspecified atom stereocenters. The van der Waals surface area contributed by atoms with Crippen LogP contribution in [0.2, 0.25) is 0 Å². The van der Waals surface area contributed by atoms with Gasteiger partial charge in [-0.05, 0) is 123 Å². The number of furan rings is 1. The Morgan fingerprint density at radius 2 is 0.675 bits per heavy atom. The van der Waals surface area contributed by atoms with Crippen molar-refractivity contribution in [3.63, 3.8) is 0 Å². The first-order valence-corrected chi connectivity index (χ1v) is 28.5. The first-order valence-electron chi connectivity index (χ1n) is 26.5. The van der Waals surface area contributed by atoms with E-state index in [2.05, 4.69) is 293 Å². The molecule has 77 heavy (non-hydrogen) atoms. The second-order valence-electron chi connectivity index (χ2n) is 20.4. The monoisotopic (exact) mass is 997 g/mol. The quantitative estimate of drug-likeness (QED) is 0.110. The molecule has 0 saturated heterocycles. The molecule has 4 heterocycles. The molecule has 16 aromatic rings. The van der Waals surface area contributed by atoms with Crippen molar-refractivity contribution in [3.8, 4) is 28.2 Å². The van der Waals surface area contributed by atoms with E-state index in [0.29, 0.717) is 0 Å². The number of benzene rings is 12. The van der Waals surface area contributed by atoms with Crippen LogP contribution in [0.15, 0.2) is 290 Å². The number of rotatable bonds is 8. The van der Waals surface area contributed by atoms with Crippen LogP contribution in [0, 0.1) is 0 Å². The zero-order valence-electron chi connectivity index (χ0n) is 41.9. The Balaban J connectivity index is 0.926. The van der Waals surface area contributed by atoms with Gasteiger partial charge < -0.3 is 18.1 Å². The Kier molecular flexibility index (Phi) is 9.62. The highest BCUT2D eigenvalue weighted by Gasteiger charge is 2.41. The molecule has 0 amide bonds. The molecular weight excluding hydrogens is 951 g/mol. The third-order valence-electron chi connectivity index (χ3n) is 16.4. The van der Waals surface area contributed by atoms with Crippen LogP contribution in [0.25, 0.3) is 116 Å². The smallest absolute Gasteiger partial charge is 0.179 e. The summed E-state index contributed by atoms with van der Waals surface area (Å²) in [5.74, 6) is 0. The van der Waals surface area contributed by atoms with Gasteiger partial charge in [0.05, 0.1) is 33.1 Å². The third-order valence-corrected chi connectivity index (χ3v) is 21.1. The Morgan fingerprint density at radius 1 is 0.247 bits per heavy atom. The standard InChI is InChI=1S/C72H47N3OSi/c1-4-21-52(22-5-1)77(53-23-6-2-7-24-53,54-25-8-3-9-26-54)55-27-18-20-49(45-55)73-66-35-16-12-30-59(66)62-46-50(39-42-67(62)73)75-68-43-40-51(74-64-33-14-10-28-57(64)58-29-11-15-34-65(58)74)47-63(68)72-56(32-19-36-69(72)75)48-38-41-61-60-31-13-17-37-70(60)76-71(61)44-48/h1-47H. The van der Waals surface area contributed by atoms with Crippen LogP contribution < -0.4 is 20.7 Å². The summed E-state index contributed by atoms with van der Waals surface area (Å²) in [7, 11) is -2.80. The molecule has 0 aliphatic heterocycles. The molecule has 0 spiro atoms. The van der Waals surface area contributed by atoms with Gasteiger partial charge in [-0.2, -0.15) is 0 Å². The van der Waals surface area contributed by atoms with Crippen LogP contribution >= 0.6 is 0 Å². The van der Waals surface area contributed by atoms with Gasteiger partial charge in [-0.25, -0.2) is 0 Å². The van der Waals surface area contributed by atoms with Gasteiger partial charge in [-0.3, -0.25) is 0 Å². The minimum absolute atomic E-state index is 0.885. The van der Waals surface area contributed by atoms with E-state index in [0.717, 1.165) is 66.7 Å². The van der Waals surface area contributed by atoms with Crippen molar-refractivity contribution in [2.24, 2.45) is 0 Å². The number of para-hydroxylation sites is 4. The lowest BCUT2D eigenvalue weighted by molar-refractivity contribution is 0.669. The molecule has 0 radical (unpaired) electrons. The first-order chi connectivity index (χ1) is 38.2. The maximum absolute atomic E-state index is 6.52. The van der Waals surface area contributed by atoms with E-state index < -0.39 is 8.07 Å². The van der Waals surface area contributed by atoms with Crippen molar-refractivity contribution in [3.05, 3.63) is 285 Å². The molecule has 0 saturated carbocycles. The van der Waals surface area contributed by atoms with E-state index >= 15 is 0 Å². The number of aromatic nitrogens is 3. The van der Waals surface area contributed by atoms with Crippen molar-refractivity contribution < 1.29 is 4.42 Å². The van der Waals surface area contributed by atoms with Gasteiger partial charge in [0.15, 0.2) is 8.07 Å². The van der Waals surface area contributed by atoms with Crippen molar-refractivity contribution in [1.29, 1.82) is 0 Å². The SMILES string of the molecule is c1ccc([Si](c2ccccc2)(c2ccccc2)c2cccc(-n3c4ccccc4c4cc(-n5c6ccc(-n7c8ccccc8c8ccccc87)cc6c6c(-c7ccc8c(c7)oc7ccccc78)cccc65)ccc43)c2)cc1. The number of fused-ring (bicyclic) bond motifs is 12. The molecule has 4 aromatic heterocycles. The predicted octanol–water partition coefficient (Wildman–Crippen LogP) is 15.9. The molecule has 12 aromatic carbocycles. The van der Waals surface area contributed by atoms with Crippen LogP contribution in [0.4, 0.5) is 0 Å². The molecule has 0 fully saturated rings. The molecule has 16 rings (SSSR count). The molecule has 360 valence electrons. The summed E-state index contributed by atoms with van der Waals surface area (Å²) in [4.78, 5) is 0. The molecule has 0 bridgehead atoms. The van der Waals surface area contributed by atoms with E-state index in [1.165, 1.54) is 69.6 Å². The van der Waals surface area contributed by atoms with Crippen molar-refractivity contribution in [2.45, 2.75) is 0 Å². The van der Waals surface area contributed by atoms with Crippen LogP contribution in [-0.4, -0.2) is 21.8 Å². The van der Waals surface area contributed by atoms with Gasteiger partial charge in [0.1, 0.15) is 11.2 Å². The number of hydrogen-bond donors (Lipinski definition) is 0. The van der Waals surface area contributed by atoms with Gasteiger partial charge in [0, 0.05) is 60.2 Å². The van der Waals surface area contributed by atoms with E-state index in [9.17, 15) is 0 Å². The van der Waals surface area contributed by atoms with Crippen LogP contribution in [0.5, 0.6) is 0 Å². The van der Waals surface area contributed by atoms with E-state index in [4.69, 9.17) is 4.42 Å². The molecule has 0 atom stereocenters. The van der Waals surface area contributed by atoms with Gasteiger partial charge in [0.25, 0.3) is 0 Å². The Bertz CT molecular complexity index is 4840. The Morgan fingerprint density at radius 3 is 1.29 bits per heavy atom. The summed E-state index contributed by atoms with van der Waals surface area (Å²) in [6.07, 6.45) is 0. The molecule has 0 N–H and O–H groups in total. The summed E-state index contributed by atoms with van der Waals surface area (Å²) in [5, 5.41) is 14.9. The largest absolute Gasteiger partial charge is 0.456 e. The second kappa shape index (κ2) is 17.0. The highest BCUT2D eigenvalue weighted by Crippen LogP contribution is 2.43. The van der Waals surface area contributed by atoms with Gasteiger partial charge in [0.2, 0.25) is 0 Å². The summed E-state index contributed by atoms with van der Waals surface area (Å²) in [5.41, 5.74) is 14.4. The second-order valence-corrected chi connectivity index (χ2v) is 24.2. The summed E-state index contributed by atoms with van der Waals surface area (Å²) in [6, 6.07) is 105. The van der Waals surface area contributed by atoms with Gasteiger partial charge >= 0.3 is 0 Å². The molecular formula is C72H47N3OSi. The van der Waals surface area contributed by atoms with E-state index in [-0.39, 0.29) is 0 Å². The molecule has 0 aliphatic rings. The number of nitrogens with zero attached hydrogens (tertiary/aromatic N) is 3. The van der Waals surface area contributed by atoms with Gasteiger partial charge in [-0.1, -0.05) is 194 Å². The minimum atomic E-state index is -2.80.